The quantitative estimate of drug-likeness (QED) is 0.775. The highest BCUT2D eigenvalue weighted by atomic mass is 32.1. The molecule has 5 nitrogen and oxygen atoms in total. The van der Waals surface area contributed by atoms with Gasteiger partial charge in [0.25, 0.3) is 0 Å². The van der Waals surface area contributed by atoms with Crippen molar-refractivity contribution in [2.45, 2.75) is 12.6 Å². The maximum Gasteiger partial charge on any atom is 0.490 e. The van der Waals surface area contributed by atoms with E-state index in [0.29, 0.717) is 5.95 Å². The van der Waals surface area contributed by atoms with E-state index in [1.165, 1.54) is 10.4 Å². The number of carboxylic acids is 1. The van der Waals surface area contributed by atoms with Crippen LogP contribution in [0.25, 0.3) is 16.3 Å². The zero-order chi connectivity index (χ0) is 16.3. The van der Waals surface area contributed by atoms with Crippen LogP contribution in [0.1, 0.15) is 10.4 Å². The number of aromatic nitrogens is 2. The Morgan fingerprint density at radius 2 is 2.05 bits per heavy atom. The highest BCUT2D eigenvalue weighted by molar-refractivity contribution is 7.19. The number of rotatable bonds is 0. The van der Waals surface area contributed by atoms with E-state index in [0.717, 1.165) is 16.6 Å². The summed E-state index contributed by atoms with van der Waals surface area (Å²) in [5.74, 6) is -2.42. The minimum Gasteiger partial charge on any atom is -0.475 e. The number of nitrogens with two attached hydrogens (primary N) is 1. The fourth-order valence-corrected chi connectivity index (χ4v) is 2.78. The second kappa shape index (κ2) is 6.14. The number of nitrogen functional groups attached to an aromatic ring is 1. The van der Waals surface area contributed by atoms with Gasteiger partial charge in [0.15, 0.2) is 0 Å². The summed E-state index contributed by atoms with van der Waals surface area (Å²) in [6.07, 6.45) is 6.01. The van der Waals surface area contributed by atoms with E-state index in [1.807, 2.05) is 6.08 Å². The molecule has 2 heterocycles. The Morgan fingerprint density at radius 3 is 2.68 bits per heavy atom. The summed E-state index contributed by atoms with van der Waals surface area (Å²) in [4.78, 5) is 18.5. The summed E-state index contributed by atoms with van der Waals surface area (Å²) in [5, 5.41) is 7.12. The number of fused-ring (bicyclic) bond motifs is 3. The average molecular weight is 329 g/mol. The molecule has 3 rings (SSSR count). The van der Waals surface area contributed by atoms with Crippen molar-refractivity contribution in [2.24, 2.45) is 0 Å². The molecule has 3 N–H and O–H groups in total. The van der Waals surface area contributed by atoms with Crippen LogP contribution in [0.15, 0.2) is 24.4 Å². The van der Waals surface area contributed by atoms with Crippen LogP contribution in [-0.2, 0) is 11.2 Å². The van der Waals surface area contributed by atoms with Gasteiger partial charge in [-0.25, -0.2) is 14.8 Å². The number of alkyl halides is 3. The predicted octanol–water partition coefficient (Wildman–Crippen LogP) is 3.03. The number of halogens is 3. The smallest absolute Gasteiger partial charge is 0.475 e. The molecule has 0 amide bonds. The van der Waals surface area contributed by atoms with Gasteiger partial charge in [-0.15, -0.1) is 11.3 Å². The molecule has 0 unspecified atom stereocenters. The van der Waals surface area contributed by atoms with Crippen molar-refractivity contribution in [2.75, 3.05) is 5.73 Å². The number of carbonyl (C=O) groups is 1. The highest BCUT2D eigenvalue weighted by Gasteiger charge is 2.38. The van der Waals surface area contributed by atoms with Crippen LogP contribution in [0.3, 0.4) is 0 Å². The van der Waals surface area contributed by atoms with Crippen LogP contribution in [0.4, 0.5) is 19.1 Å². The van der Waals surface area contributed by atoms with E-state index < -0.39 is 12.1 Å². The molecule has 1 aliphatic rings. The number of anilines is 1. The molecule has 0 aliphatic heterocycles. The Morgan fingerprint density at radius 1 is 1.36 bits per heavy atom. The lowest BCUT2D eigenvalue weighted by atomic mass is 10.2. The Kier molecular flexibility index (Phi) is 4.45. The van der Waals surface area contributed by atoms with Crippen LogP contribution in [0, 0.1) is 0 Å². The lowest BCUT2D eigenvalue weighted by Crippen LogP contribution is -2.21. The van der Waals surface area contributed by atoms with Gasteiger partial charge in [0.1, 0.15) is 0 Å². The number of aliphatic carboxylic acids is 1. The fraction of sp³-hybridized carbons (Fsp3) is 0.154. The van der Waals surface area contributed by atoms with Gasteiger partial charge in [-0.1, -0.05) is 24.3 Å². The van der Waals surface area contributed by atoms with Crippen LogP contribution >= 0.6 is 11.3 Å². The number of nitrogens with zero attached hydrogens (tertiary/aromatic N) is 2. The van der Waals surface area contributed by atoms with Crippen molar-refractivity contribution >= 4 is 39.5 Å². The third-order valence-electron chi connectivity index (χ3n) is 2.62. The molecule has 0 spiro atoms. The van der Waals surface area contributed by atoms with Gasteiger partial charge in [-0.05, 0) is 0 Å². The van der Waals surface area contributed by atoms with Gasteiger partial charge >= 0.3 is 12.1 Å². The van der Waals surface area contributed by atoms with E-state index >= 15 is 0 Å². The molecular weight excluding hydrogens is 319 g/mol. The summed E-state index contributed by atoms with van der Waals surface area (Å²) < 4.78 is 32.8. The van der Waals surface area contributed by atoms with Crippen molar-refractivity contribution in [3.05, 3.63) is 34.9 Å². The van der Waals surface area contributed by atoms with E-state index in [9.17, 15) is 13.2 Å². The third kappa shape index (κ3) is 3.61. The maximum atomic E-state index is 10.6. The largest absolute Gasteiger partial charge is 0.490 e. The Balaban J connectivity index is 0.000000217. The molecule has 0 atom stereocenters. The van der Waals surface area contributed by atoms with Crippen molar-refractivity contribution in [3.63, 3.8) is 0 Å². The summed E-state index contributed by atoms with van der Waals surface area (Å²) in [6.45, 7) is 0. The van der Waals surface area contributed by atoms with E-state index in [-0.39, 0.29) is 0 Å². The molecule has 0 saturated carbocycles. The molecule has 0 fully saturated rings. The molecule has 22 heavy (non-hydrogen) atoms. The first-order valence-corrected chi connectivity index (χ1v) is 6.78. The van der Waals surface area contributed by atoms with Crippen molar-refractivity contribution in [1.29, 1.82) is 0 Å². The minimum absolute atomic E-state index is 0.341. The normalized spacial score (nSPS) is 13.2. The van der Waals surface area contributed by atoms with Crippen molar-refractivity contribution in [1.82, 2.24) is 9.97 Å². The van der Waals surface area contributed by atoms with E-state index in [1.54, 1.807) is 17.5 Å². The fourth-order valence-electron chi connectivity index (χ4n) is 1.70. The Labute approximate surface area is 126 Å². The van der Waals surface area contributed by atoms with Crippen molar-refractivity contribution < 1.29 is 23.1 Å². The lowest BCUT2D eigenvalue weighted by Gasteiger charge is -1.94. The number of hydrogen-bond acceptors (Lipinski definition) is 5. The molecule has 0 radical (unpaired) electrons. The van der Waals surface area contributed by atoms with Gasteiger partial charge in [-0.2, -0.15) is 13.2 Å². The van der Waals surface area contributed by atoms with Crippen LogP contribution in [-0.4, -0.2) is 27.2 Å². The highest BCUT2D eigenvalue weighted by Crippen LogP contribution is 2.32. The number of thiophene rings is 1. The molecule has 1 aliphatic carbocycles. The summed E-state index contributed by atoms with van der Waals surface area (Å²) in [5.41, 5.74) is 7.76. The minimum atomic E-state index is -5.08. The maximum absolute atomic E-state index is 10.6. The molecule has 116 valence electrons. The van der Waals surface area contributed by atoms with Gasteiger partial charge in [0.05, 0.1) is 16.4 Å². The van der Waals surface area contributed by atoms with E-state index in [4.69, 9.17) is 15.6 Å². The molecule has 0 saturated heterocycles. The van der Waals surface area contributed by atoms with Gasteiger partial charge in [-0.3, -0.25) is 0 Å². The van der Waals surface area contributed by atoms with Crippen LogP contribution in [0.5, 0.6) is 0 Å². The Hall–Kier alpha value is -2.42. The number of hydrogen-bond donors (Lipinski definition) is 2. The third-order valence-corrected chi connectivity index (χ3v) is 3.77. The summed E-state index contributed by atoms with van der Waals surface area (Å²) in [7, 11) is 0. The number of allylic oxidation sites excluding steroid dienone is 3. The first kappa shape index (κ1) is 16.0. The zero-order valence-electron chi connectivity index (χ0n) is 11.0. The van der Waals surface area contributed by atoms with Crippen LogP contribution in [0.2, 0.25) is 0 Å². The molecule has 0 bridgehead atoms. The van der Waals surface area contributed by atoms with Crippen LogP contribution < -0.4 is 5.73 Å². The monoisotopic (exact) mass is 329 g/mol. The van der Waals surface area contributed by atoms with E-state index in [2.05, 4.69) is 28.2 Å². The first-order valence-electron chi connectivity index (χ1n) is 5.96. The average Bonchev–Trinajstić information content (AvgIpc) is 2.61. The van der Waals surface area contributed by atoms with Gasteiger partial charge in [0.2, 0.25) is 5.95 Å². The first-order chi connectivity index (χ1) is 10.3. The predicted molar refractivity (Wildman–Crippen MR) is 77.4 cm³/mol. The zero-order valence-corrected chi connectivity index (χ0v) is 11.8. The second-order valence-electron chi connectivity index (χ2n) is 4.17. The summed E-state index contributed by atoms with van der Waals surface area (Å²) >= 11 is 1.74. The lowest BCUT2D eigenvalue weighted by molar-refractivity contribution is -0.192. The van der Waals surface area contributed by atoms with Gasteiger partial charge < -0.3 is 10.8 Å². The second-order valence-corrected chi connectivity index (χ2v) is 5.31. The van der Waals surface area contributed by atoms with Crippen molar-refractivity contribution in [3.8, 4) is 0 Å². The standard InChI is InChI=1S/C11H9N3S.C2HF3O2/c12-11-13-6-9-10(14-11)7-4-2-1-3-5-8(7)15-9;3-2(4,5)1(6)7/h1-4,6H,5H2,(H2,12,13,14);(H,6,7). The van der Waals surface area contributed by atoms with Gasteiger partial charge in [0, 0.05) is 16.9 Å². The molecule has 0 aromatic carbocycles. The molecule has 2 aromatic rings. The molecule has 9 heteroatoms. The molecule has 2 aromatic heterocycles. The topological polar surface area (TPSA) is 89.1 Å². The summed E-state index contributed by atoms with van der Waals surface area (Å²) in [6, 6.07) is 0. The Bertz CT molecular complexity index is 766. The SMILES string of the molecule is Nc1ncc2sc3c(c2n1)C=CC=CC3.O=C(O)C(F)(F)F. The number of carboxylic acid groups (broad SMARTS) is 1. The molecular formula is C13H10F3N3O2S.